The van der Waals surface area contributed by atoms with Crippen molar-refractivity contribution in [1.29, 1.82) is 0 Å². The van der Waals surface area contributed by atoms with Crippen LogP contribution in [0.3, 0.4) is 0 Å². The van der Waals surface area contributed by atoms with Crippen LogP contribution in [0.5, 0.6) is 0 Å². The van der Waals surface area contributed by atoms with E-state index in [0.717, 1.165) is 0 Å². The minimum atomic E-state index is -1.11. The van der Waals surface area contributed by atoms with Gasteiger partial charge >= 0.3 is 5.97 Å². The summed E-state index contributed by atoms with van der Waals surface area (Å²) >= 11 is 0. The molecule has 2 rings (SSSR count). The molecular weight excluding hydrogens is 210 g/mol. The minimum absolute atomic E-state index is 0.102. The molecule has 0 aromatic carbocycles. The summed E-state index contributed by atoms with van der Waals surface area (Å²) in [5.74, 6) is -0.679. The van der Waals surface area contributed by atoms with Crippen LogP contribution in [0.25, 0.3) is 0 Å². The molecule has 80 valence electrons. The quantitative estimate of drug-likeness (QED) is 0.780. The van der Waals surface area contributed by atoms with Crippen LogP contribution in [0.15, 0.2) is 30.9 Å². The Bertz CT molecular complexity index is 485. The van der Waals surface area contributed by atoms with E-state index >= 15 is 0 Å². The first kappa shape index (κ1) is 9.97. The van der Waals surface area contributed by atoms with E-state index < -0.39 is 5.97 Å². The van der Waals surface area contributed by atoms with Gasteiger partial charge in [0, 0.05) is 0 Å². The molecule has 0 spiro atoms. The lowest BCUT2D eigenvalue weighted by molar-refractivity contribution is 0.0689. The summed E-state index contributed by atoms with van der Waals surface area (Å²) in [5, 5.41) is 18.7. The lowest BCUT2D eigenvalue weighted by Crippen LogP contribution is -2.03. The first-order chi connectivity index (χ1) is 7.75. The maximum absolute atomic E-state index is 10.5. The van der Waals surface area contributed by atoms with Crippen LogP contribution >= 0.6 is 0 Å². The fourth-order valence-electron chi connectivity index (χ4n) is 1.02. The molecule has 0 atom stereocenters. The highest BCUT2D eigenvalue weighted by atomic mass is 16.4. The van der Waals surface area contributed by atoms with Crippen molar-refractivity contribution in [2.24, 2.45) is 0 Å². The molecule has 2 aromatic rings. The van der Waals surface area contributed by atoms with E-state index in [2.05, 4.69) is 25.5 Å². The zero-order valence-corrected chi connectivity index (χ0v) is 8.03. The van der Waals surface area contributed by atoms with Crippen LogP contribution < -0.4 is 5.32 Å². The summed E-state index contributed by atoms with van der Waals surface area (Å²) in [5.41, 5.74) is 0.551. The highest BCUT2D eigenvalue weighted by Crippen LogP contribution is 2.10. The number of carboxylic acids is 1. The summed E-state index contributed by atoms with van der Waals surface area (Å²) in [7, 11) is 0. The number of anilines is 2. The van der Waals surface area contributed by atoms with Gasteiger partial charge in [-0.1, -0.05) is 0 Å². The molecule has 0 aliphatic rings. The van der Waals surface area contributed by atoms with Crippen molar-refractivity contribution < 1.29 is 9.90 Å². The molecule has 2 N–H and O–H groups in total. The minimum Gasteiger partial charge on any atom is -0.476 e. The molecule has 2 aromatic heterocycles. The number of hydrogen-bond acceptors (Lipinski definition) is 6. The average molecular weight is 217 g/mol. The van der Waals surface area contributed by atoms with Gasteiger partial charge in [0.2, 0.25) is 0 Å². The molecule has 0 radical (unpaired) electrons. The van der Waals surface area contributed by atoms with E-state index in [1.165, 1.54) is 18.5 Å². The van der Waals surface area contributed by atoms with Crippen molar-refractivity contribution in [1.82, 2.24) is 20.2 Å². The van der Waals surface area contributed by atoms with Gasteiger partial charge in [0.15, 0.2) is 11.5 Å². The fraction of sp³-hybridized carbons (Fsp3) is 0. The first-order valence-electron chi connectivity index (χ1n) is 4.35. The Hall–Kier alpha value is -2.57. The van der Waals surface area contributed by atoms with Crippen LogP contribution in [-0.2, 0) is 0 Å². The van der Waals surface area contributed by atoms with E-state index in [4.69, 9.17) is 5.11 Å². The van der Waals surface area contributed by atoms with Crippen LogP contribution in [0.4, 0.5) is 11.5 Å². The molecule has 16 heavy (non-hydrogen) atoms. The Kier molecular flexibility index (Phi) is 2.68. The maximum atomic E-state index is 10.5. The monoisotopic (exact) mass is 217 g/mol. The second-order valence-corrected chi connectivity index (χ2v) is 2.86. The largest absolute Gasteiger partial charge is 0.476 e. The van der Waals surface area contributed by atoms with Gasteiger partial charge in [0.1, 0.15) is 6.33 Å². The molecule has 0 saturated heterocycles. The smallest absolute Gasteiger partial charge is 0.356 e. The third-order valence-corrected chi connectivity index (χ3v) is 1.72. The van der Waals surface area contributed by atoms with Gasteiger partial charge in [-0.05, 0) is 12.1 Å². The zero-order chi connectivity index (χ0) is 11.4. The van der Waals surface area contributed by atoms with Crippen molar-refractivity contribution in [2.45, 2.75) is 0 Å². The average Bonchev–Trinajstić information content (AvgIpc) is 2.31. The lowest BCUT2D eigenvalue weighted by Gasteiger charge is -2.02. The predicted molar refractivity (Wildman–Crippen MR) is 54.3 cm³/mol. The van der Waals surface area contributed by atoms with Crippen LogP contribution in [0.2, 0.25) is 0 Å². The predicted octanol–water partition coefficient (Wildman–Crippen LogP) is 0.708. The van der Waals surface area contributed by atoms with E-state index in [-0.39, 0.29) is 5.69 Å². The van der Waals surface area contributed by atoms with E-state index in [9.17, 15) is 4.79 Å². The summed E-state index contributed by atoms with van der Waals surface area (Å²) in [6.45, 7) is 0. The Balaban J connectivity index is 2.14. The van der Waals surface area contributed by atoms with Crippen molar-refractivity contribution in [2.75, 3.05) is 5.32 Å². The number of carbonyl (C=O) groups is 1. The van der Waals surface area contributed by atoms with Gasteiger partial charge < -0.3 is 10.4 Å². The maximum Gasteiger partial charge on any atom is 0.356 e. The van der Waals surface area contributed by atoms with E-state index in [1.807, 2.05) is 0 Å². The van der Waals surface area contributed by atoms with Crippen molar-refractivity contribution in [3.63, 3.8) is 0 Å². The zero-order valence-electron chi connectivity index (χ0n) is 8.03. The third kappa shape index (κ3) is 2.27. The van der Waals surface area contributed by atoms with Crippen LogP contribution in [-0.4, -0.2) is 31.2 Å². The molecule has 0 aliphatic carbocycles. The van der Waals surface area contributed by atoms with Crippen molar-refractivity contribution in [3.8, 4) is 0 Å². The van der Waals surface area contributed by atoms with Crippen molar-refractivity contribution in [3.05, 3.63) is 36.5 Å². The fourth-order valence-corrected chi connectivity index (χ4v) is 1.02. The number of aromatic carboxylic acids is 1. The summed E-state index contributed by atoms with van der Waals surface area (Å²) in [4.78, 5) is 18.1. The van der Waals surface area contributed by atoms with E-state index in [0.29, 0.717) is 11.5 Å². The van der Waals surface area contributed by atoms with Gasteiger partial charge in [-0.15, -0.1) is 10.2 Å². The number of nitrogens with one attached hydrogen (secondary N) is 1. The molecule has 7 heteroatoms. The second kappa shape index (κ2) is 4.30. The molecule has 0 saturated carbocycles. The summed E-state index contributed by atoms with van der Waals surface area (Å²) in [6, 6.07) is 2.88. The number of aromatic nitrogens is 4. The van der Waals surface area contributed by atoms with Gasteiger partial charge in [0.25, 0.3) is 0 Å². The van der Waals surface area contributed by atoms with Gasteiger partial charge in [-0.25, -0.2) is 14.8 Å². The van der Waals surface area contributed by atoms with Gasteiger partial charge in [-0.2, -0.15) is 0 Å². The lowest BCUT2D eigenvalue weighted by atomic mass is 10.4. The highest BCUT2D eigenvalue weighted by molar-refractivity contribution is 5.85. The molecule has 0 unspecified atom stereocenters. The molecule has 0 aliphatic heterocycles. The van der Waals surface area contributed by atoms with Crippen LogP contribution in [0, 0.1) is 0 Å². The number of nitrogens with zero attached hydrogens (tertiary/aromatic N) is 4. The van der Waals surface area contributed by atoms with Gasteiger partial charge in [0.05, 0.1) is 18.1 Å². The Morgan fingerprint density at radius 3 is 2.50 bits per heavy atom. The Morgan fingerprint density at radius 2 is 1.94 bits per heavy atom. The van der Waals surface area contributed by atoms with Crippen molar-refractivity contribution >= 4 is 17.5 Å². The molecular formula is C9H7N5O2. The second-order valence-electron chi connectivity index (χ2n) is 2.86. The number of carboxylic acid groups (broad SMARTS) is 1. The normalized spacial score (nSPS) is 9.75. The van der Waals surface area contributed by atoms with Crippen LogP contribution in [0.1, 0.15) is 10.5 Å². The van der Waals surface area contributed by atoms with Gasteiger partial charge in [-0.3, -0.25) is 0 Å². The number of hydrogen-bond donors (Lipinski definition) is 2. The Labute approximate surface area is 90.2 Å². The molecule has 0 bridgehead atoms. The highest BCUT2D eigenvalue weighted by Gasteiger charge is 2.04. The third-order valence-electron chi connectivity index (χ3n) is 1.72. The standard InChI is InChI=1S/C9H7N5O2/c15-9(16)7-1-2-8(14-13-7)12-6-3-10-5-11-4-6/h1-5H,(H,12,14)(H,15,16). The molecule has 0 fully saturated rings. The summed E-state index contributed by atoms with van der Waals surface area (Å²) in [6.07, 6.45) is 4.55. The summed E-state index contributed by atoms with van der Waals surface area (Å²) < 4.78 is 0. The SMILES string of the molecule is O=C(O)c1ccc(Nc2cncnc2)nn1. The molecule has 2 heterocycles. The topological polar surface area (TPSA) is 101 Å². The molecule has 7 nitrogen and oxygen atoms in total. The number of rotatable bonds is 3. The molecule has 0 amide bonds. The Morgan fingerprint density at radius 1 is 1.19 bits per heavy atom. The first-order valence-corrected chi connectivity index (χ1v) is 4.35. The van der Waals surface area contributed by atoms with E-state index in [1.54, 1.807) is 12.4 Å².